The molecule has 206 valence electrons. The van der Waals surface area contributed by atoms with Gasteiger partial charge in [0.15, 0.2) is 0 Å². The minimum Gasteiger partial charge on any atom is -0.508 e. The normalized spacial score (nSPS) is 11.4. The third-order valence-electron chi connectivity index (χ3n) is 5.65. The van der Waals surface area contributed by atoms with Crippen LogP contribution in [0.3, 0.4) is 0 Å². The van der Waals surface area contributed by atoms with Crippen molar-refractivity contribution in [2.75, 3.05) is 0 Å². The van der Waals surface area contributed by atoms with E-state index in [1.54, 1.807) is 36.4 Å². The zero-order valence-electron chi connectivity index (χ0n) is 21.7. The van der Waals surface area contributed by atoms with Crippen LogP contribution in [0.5, 0.6) is 11.5 Å². The number of allylic oxidation sites excluding steroid dienone is 2. The van der Waals surface area contributed by atoms with Crippen LogP contribution in [0.15, 0.2) is 68.7 Å². The van der Waals surface area contributed by atoms with E-state index in [9.17, 15) is 10.2 Å². The van der Waals surface area contributed by atoms with Crippen molar-refractivity contribution in [3.05, 3.63) is 70.3 Å². The van der Waals surface area contributed by atoms with Crippen LogP contribution in [0.25, 0.3) is 0 Å². The molecular weight excluding hydrogens is 488 g/mol. The molecule has 0 fully saturated rings. The SMILES string of the molecule is CCCCCCCCCc1cc(C=NO)c(O)c(C=NO)c1.ON=CC(C=NO)=CCc1ccccc1O. The van der Waals surface area contributed by atoms with Gasteiger partial charge in [0.05, 0.1) is 24.9 Å². The number of phenolic OH excluding ortho intramolecular Hbond substituents is 2. The van der Waals surface area contributed by atoms with Gasteiger partial charge < -0.3 is 31.0 Å². The lowest BCUT2D eigenvalue weighted by Gasteiger charge is -2.08. The van der Waals surface area contributed by atoms with E-state index < -0.39 is 0 Å². The molecule has 0 aliphatic heterocycles. The first-order valence-corrected chi connectivity index (χ1v) is 12.5. The number of nitrogens with zero attached hydrogens (tertiary/aromatic N) is 4. The average molecular weight is 527 g/mol. The molecule has 0 saturated carbocycles. The van der Waals surface area contributed by atoms with Gasteiger partial charge in [0, 0.05) is 16.7 Å². The van der Waals surface area contributed by atoms with Gasteiger partial charge in [-0.15, -0.1) is 0 Å². The molecule has 2 aromatic carbocycles. The van der Waals surface area contributed by atoms with E-state index in [0.717, 1.165) is 36.4 Å². The highest BCUT2D eigenvalue weighted by Gasteiger charge is 2.08. The Balaban J connectivity index is 0.000000399. The smallest absolute Gasteiger partial charge is 0.133 e. The van der Waals surface area contributed by atoms with Crippen LogP contribution in [0, 0.1) is 0 Å². The van der Waals surface area contributed by atoms with Gasteiger partial charge in [-0.3, -0.25) is 0 Å². The first kappa shape index (κ1) is 31.7. The van der Waals surface area contributed by atoms with Crippen molar-refractivity contribution in [3.63, 3.8) is 0 Å². The molecule has 38 heavy (non-hydrogen) atoms. The van der Waals surface area contributed by atoms with Gasteiger partial charge in [-0.05, 0) is 48.6 Å². The molecule has 0 saturated heterocycles. The van der Waals surface area contributed by atoms with Crippen molar-refractivity contribution < 1.29 is 31.0 Å². The van der Waals surface area contributed by atoms with Crippen molar-refractivity contribution in [1.29, 1.82) is 0 Å². The van der Waals surface area contributed by atoms with Crippen molar-refractivity contribution in [3.8, 4) is 11.5 Å². The number of hydrogen-bond acceptors (Lipinski definition) is 10. The molecule has 10 nitrogen and oxygen atoms in total. The minimum atomic E-state index is -0.0566. The highest BCUT2D eigenvalue weighted by atomic mass is 16.4. The third kappa shape index (κ3) is 12.6. The third-order valence-corrected chi connectivity index (χ3v) is 5.65. The molecule has 0 aliphatic carbocycles. The number of para-hydroxylation sites is 1. The lowest BCUT2D eigenvalue weighted by molar-refractivity contribution is 0.320. The van der Waals surface area contributed by atoms with Crippen LogP contribution in [-0.4, -0.2) is 55.9 Å². The Kier molecular flexibility index (Phi) is 16.5. The second-order valence-corrected chi connectivity index (χ2v) is 8.51. The Morgan fingerprint density at radius 2 is 1.29 bits per heavy atom. The topological polar surface area (TPSA) is 171 Å². The van der Waals surface area contributed by atoms with Crippen molar-refractivity contribution in [1.82, 2.24) is 0 Å². The molecule has 10 heteroatoms. The van der Waals surface area contributed by atoms with Gasteiger partial charge in [0.2, 0.25) is 0 Å². The monoisotopic (exact) mass is 526 g/mol. The van der Waals surface area contributed by atoms with E-state index in [4.69, 9.17) is 20.8 Å². The summed E-state index contributed by atoms with van der Waals surface area (Å²) < 4.78 is 0. The van der Waals surface area contributed by atoms with Gasteiger partial charge in [0.25, 0.3) is 0 Å². The van der Waals surface area contributed by atoms with Crippen molar-refractivity contribution in [2.45, 2.75) is 64.7 Å². The fourth-order valence-electron chi connectivity index (χ4n) is 3.68. The molecular formula is C28H38N4O6. The van der Waals surface area contributed by atoms with Crippen molar-refractivity contribution in [2.24, 2.45) is 20.6 Å². The molecule has 6 N–H and O–H groups in total. The second kappa shape index (κ2) is 19.8. The highest BCUT2D eigenvalue weighted by Crippen LogP contribution is 2.23. The van der Waals surface area contributed by atoms with Gasteiger partial charge in [-0.2, -0.15) is 0 Å². The summed E-state index contributed by atoms with van der Waals surface area (Å²) in [6.07, 6.45) is 16.3. The Bertz CT molecular complexity index is 1050. The number of aromatic hydroxyl groups is 2. The summed E-state index contributed by atoms with van der Waals surface area (Å²) in [4.78, 5) is 0. The maximum absolute atomic E-state index is 9.96. The molecule has 0 bridgehead atoms. The summed E-state index contributed by atoms with van der Waals surface area (Å²) >= 11 is 0. The van der Waals surface area contributed by atoms with Crippen LogP contribution in [0.4, 0.5) is 0 Å². The molecule has 0 heterocycles. The second-order valence-electron chi connectivity index (χ2n) is 8.51. The molecule has 0 amide bonds. The summed E-state index contributed by atoms with van der Waals surface area (Å²) in [5.74, 6) is 0.138. The number of oxime groups is 4. The highest BCUT2D eigenvalue weighted by molar-refractivity contribution is 6.03. The van der Waals surface area contributed by atoms with E-state index >= 15 is 0 Å². The lowest BCUT2D eigenvalue weighted by Crippen LogP contribution is -1.95. The van der Waals surface area contributed by atoms with Gasteiger partial charge >= 0.3 is 0 Å². The van der Waals surface area contributed by atoms with Gasteiger partial charge in [-0.25, -0.2) is 0 Å². The Morgan fingerprint density at radius 3 is 1.82 bits per heavy atom. The average Bonchev–Trinajstić information content (AvgIpc) is 2.91. The summed E-state index contributed by atoms with van der Waals surface area (Å²) in [5.41, 5.74) is 3.03. The van der Waals surface area contributed by atoms with Crippen LogP contribution in [0.2, 0.25) is 0 Å². The quantitative estimate of drug-likeness (QED) is 0.0753. The lowest BCUT2D eigenvalue weighted by atomic mass is 9.99. The van der Waals surface area contributed by atoms with E-state index in [2.05, 4.69) is 27.5 Å². The van der Waals surface area contributed by atoms with Crippen molar-refractivity contribution >= 4 is 24.9 Å². The molecule has 0 atom stereocenters. The van der Waals surface area contributed by atoms with Crippen LogP contribution >= 0.6 is 0 Å². The molecule has 0 unspecified atom stereocenters. The Hall–Kier alpha value is -4.34. The zero-order valence-corrected chi connectivity index (χ0v) is 21.7. The summed E-state index contributed by atoms with van der Waals surface area (Å²) in [6, 6.07) is 10.5. The van der Waals surface area contributed by atoms with Gasteiger partial charge in [-0.1, -0.05) is 90.3 Å². The maximum Gasteiger partial charge on any atom is 0.133 e. The Labute approximate surface area is 223 Å². The Morgan fingerprint density at radius 1 is 0.737 bits per heavy atom. The van der Waals surface area contributed by atoms with Gasteiger partial charge in [0.1, 0.15) is 11.5 Å². The summed E-state index contributed by atoms with van der Waals surface area (Å²) in [6.45, 7) is 2.21. The number of phenols is 2. The maximum atomic E-state index is 9.96. The van der Waals surface area contributed by atoms with E-state index in [-0.39, 0.29) is 11.5 Å². The van der Waals surface area contributed by atoms with Crippen LogP contribution in [0.1, 0.15) is 74.1 Å². The number of aryl methyl sites for hydroxylation is 1. The molecule has 0 spiro atoms. The first-order valence-electron chi connectivity index (χ1n) is 12.5. The number of benzene rings is 2. The largest absolute Gasteiger partial charge is 0.508 e. The molecule has 2 aromatic rings. The fourth-order valence-corrected chi connectivity index (χ4v) is 3.68. The van der Waals surface area contributed by atoms with E-state index in [1.165, 1.54) is 51.0 Å². The van der Waals surface area contributed by atoms with Crippen LogP contribution in [-0.2, 0) is 12.8 Å². The summed E-state index contributed by atoms with van der Waals surface area (Å²) in [7, 11) is 0. The van der Waals surface area contributed by atoms with E-state index in [0.29, 0.717) is 23.1 Å². The minimum absolute atomic E-state index is 0.0566. The standard InChI is InChI=1S/C17H26N2O3.C11H12N2O3/c1-2-3-4-5-6-7-8-9-14-10-15(12-18-21)17(20)16(11-14)13-19-22;14-11-4-2-1-3-10(11)6-5-9(7-12-15)8-13-16/h10-13,20-22H,2-9H2,1H3;1-5,7-8,14-16H,6H2. The number of rotatable bonds is 14. The fraction of sp³-hybridized carbons (Fsp3) is 0.357. The molecule has 0 aromatic heterocycles. The molecule has 0 aliphatic rings. The zero-order chi connectivity index (χ0) is 28.0. The number of hydrogen-bond donors (Lipinski definition) is 6. The number of unbranched alkanes of at least 4 members (excludes halogenated alkanes) is 6. The first-order chi connectivity index (χ1) is 18.5. The van der Waals surface area contributed by atoms with Crippen LogP contribution < -0.4 is 0 Å². The summed E-state index contributed by atoms with van der Waals surface area (Å²) in [5, 5.41) is 65.0. The predicted molar refractivity (Wildman–Crippen MR) is 149 cm³/mol. The molecule has 0 radical (unpaired) electrons. The van der Waals surface area contributed by atoms with E-state index in [1.807, 2.05) is 6.07 Å². The molecule has 2 rings (SSSR count). The predicted octanol–water partition coefficient (Wildman–Crippen LogP) is 6.08.